The first-order chi connectivity index (χ1) is 11.3. The number of ether oxygens (including phenoxy) is 1. The van der Waals surface area contributed by atoms with Gasteiger partial charge in [0.2, 0.25) is 0 Å². The van der Waals surface area contributed by atoms with E-state index in [-0.39, 0.29) is 11.9 Å². The molecule has 0 heterocycles. The molecular formula is C20H27NO3. The normalized spacial score (nSPS) is 21.8. The molecule has 0 aromatic heterocycles. The standard InChI is InChI=1S/C20H27NO3/c1-14-9-8-11-16(13-15-10-6-7-12-17(15)23-5)18(14)21-24-19(22)20(2,3)4/h6-7,10,12-14H,8-9,11H2,1-5H3/b16-13+,21-18+. The van der Waals surface area contributed by atoms with E-state index in [0.29, 0.717) is 0 Å². The quantitative estimate of drug-likeness (QED) is 0.588. The average molecular weight is 329 g/mol. The Hall–Kier alpha value is -2.10. The lowest BCUT2D eigenvalue weighted by Crippen LogP contribution is -2.24. The van der Waals surface area contributed by atoms with Crippen molar-refractivity contribution in [1.29, 1.82) is 0 Å². The van der Waals surface area contributed by atoms with Crippen LogP contribution in [0.4, 0.5) is 0 Å². The largest absolute Gasteiger partial charge is 0.496 e. The van der Waals surface area contributed by atoms with Gasteiger partial charge >= 0.3 is 5.97 Å². The number of rotatable bonds is 3. The van der Waals surface area contributed by atoms with Gasteiger partial charge in [-0.1, -0.05) is 30.3 Å². The van der Waals surface area contributed by atoms with E-state index in [4.69, 9.17) is 9.57 Å². The fourth-order valence-corrected chi connectivity index (χ4v) is 2.68. The number of hydrogen-bond acceptors (Lipinski definition) is 4. The Kier molecular flexibility index (Phi) is 5.81. The summed E-state index contributed by atoms with van der Waals surface area (Å²) in [6.45, 7) is 7.60. The third-order valence-electron chi connectivity index (χ3n) is 4.19. The summed E-state index contributed by atoms with van der Waals surface area (Å²) in [6.07, 6.45) is 5.18. The third-order valence-corrected chi connectivity index (χ3v) is 4.19. The topological polar surface area (TPSA) is 47.9 Å². The monoisotopic (exact) mass is 329 g/mol. The maximum atomic E-state index is 12.0. The highest BCUT2D eigenvalue weighted by molar-refractivity contribution is 6.05. The van der Waals surface area contributed by atoms with Gasteiger partial charge in [0.05, 0.1) is 18.2 Å². The van der Waals surface area contributed by atoms with Crippen LogP contribution in [0.3, 0.4) is 0 Å². The molecule has 4 nitrogen and oxygen atoms in total. The van der Waals surface area contributed by atoms with Crippen LogP contribution in [-0.4, -0.2) is 18.8 Å². The van der Waals surface area contributed by atoms with Crippen molar-refractivity contribution < 1.29 is 14.4 Å². The number of hydrogen-bond donors (Lipinski definition) is 0. The minimum atomic E-state index is -0.561. The minimum absolute atomic E-state index is 0.271. The molecule has 0 saturated heterocycles. The number of methoxy groups -OCH3 is 1. The van der Waals surface area contributed by atoms with Crippen molar-refractivity contribution in [1.82, 2.24) is 0 Å². The lowest BCUT2D eigenvalue weighted by molar-refractivity contribution is -0.152. The Morgan fingerprint density at radius 3 is 2.67 bits per heavy atom. The van der Waals surface area contributed by atoms with Gasteiger partial charge in [0.25, 0.3) is 0 Å². The van der Waals surface area contributed by atoms with Crippen LogP contribution in [-0.2, 0) is 9.63 Å². The first-order valence-electron chi connectivity index (χ1n) is 8.46. The summed E-state index contributed by atoms with van der Waals surface area (Å²) in [5.74, 6) is 0.783. The van der Waals surface area contributed by atoms with Gasteiger partial charge in [-0.2, -0.15) is 0 Å². The predicted octanol–water partition coefficient (Wildman–Crippen LogP) is 4.84. The fourth-order valence-electron chi connectivity index (χ4n) is 2.68. The van der Waals surface area contributed by atoms with Gasteiger partial charge in [0.15, 0.2) is 0 Å². The molecule has 0 amide bonds. The van der Waals surface area contributed by atoms with Gasteiger partial charge in [-0.3, -0.25) is 0 Å². The molecule has 0 radical (unpaired) electrons. The van der Waals surface area contributed by atoms with Crippen molar-refractivity contribution in [2.45, 2.75) is 47.0 Å². The van der Waals surface area contributed by atoms with E-state index in [9.17, 15) is 4.79 Å². The highest BCUT2D eigenvalue weighted by Gasteiger charge is 2.26. The van der Waals surface area contributed by atoms with Crippen LogP contribution in [0.5, 0.6) is 5.75 Å². The van der Waals surface area contributed by atoms with E-state index in [1.165, 1.54) is 0 Å². The molecular weight excluding hydrogens is 302 g/mol. The number of benzene rings is 1. The lowest BCUT2D eigenvalue weighted by Gasteiger charge is -2.23. The summed E-state index contributed by atoms with van der Waals surface area (Å²) in [5.41, 5.74) is 2.43. The van der Waals surface area contributed by atoms with E-state index >= 15 is 0 Å². The number of oxime groups is 1. The Morgan fingerprint density at radius 1 is 1.29 bits per heavy atom. The molecule has 0 aliphatic heterocycles. The van der Waals surface area contributed by atoms with Crippen LogP contribution in [0.15, 0.2) is 35.0 Å². The van der Waals surface area contributed by atoms with Crippen molar-refractivity contribution in [2.24, 2.45) is 16.5 Å². The van der Waals surface area contributed by atoms with Crippen molar-refractivity contribution in [3.8, 4) is 5.75 Å². The summed E-state index contributed by atoms with van der Waals surface area (Å²) in [7, 11) is 1.67. The molecule has 1 aromatic carbocycles. The Balaban J connectivity index is 2.32. The van der Waals surface area contributed by atoms with Gasteiger partial charge in [0, 0.05) is 11.5 Å². The zero-order valence-corrected chi connectivity index (χ0v) is 15.3. The molecule has 24 heavy (non-hydrogen) atoms. The fraction of sp³-hybridized carbons (Fsp3) is 0.500. The Morgan fingerprint density at radius 2 is 2.00 bits per heavy atom. The summed E-state index contributed by atoms with van der Waals surface area (Å²) in [5, 5.41) is 4.22. The highest BCUT2D eigenvalue weighted by Crippen LogP contribution is 2.30. The molecule has 130 valence electrons. The SMILES string of the molecule is COc1ccccc1/C=C1\CCCC(C)\C1=N/OC(=O)C(C)(C)C. The van der Waals surface area contributed by atoms with Crippen molar-refractivity contribution >= 4 is 17.8 Å². The molecule has 1 saturated carbocycles. The van der Waals surface area contributed by atoms with Crippen molar-refractivity contribution in [2.75, 3.05) is 7.11 Å². The van der Waals surface area contributed by atoms with E-state index in [2.05, 4.69) is 18.2 Å². The molecule has 0 spiro atoms. The van der Waals surface area contributed by atoms with Crippen LogP contribution in [0, 0.1) is 11.3 Å². The molecule has 4 heteroatoms. The van der Waals surface area contributed by atoms with Gasteiger partial charge in [-0.05, 0) is 57.7 Å². The van der Waals surface area contributed by atoms with Crippen molar-refractivity contribution in [3.05, 3.63) is 35.4 Å². The summed E-state index contributed by atoms with van der Waals surface area (Å²) in [4.78, 5) is 17.2. The van der Waals surface area contributed by atoms with E-state index in [0.717, 1.165) is 41.9 Å². The first kappa shape index (κ1) is 18.2. The van der Waals surface area contributed by atoms with Gasteiger partial charge in [-0.25, -0.2) is 4.79 Å². The molecule has 1 unspecified atom stereocenters. The number of carbonyl (C=O) groups excluding carboxylic acids is 1. The zero-order valence-electron chi connectivity index (χ0n) is 15.3. The molecule has 1 fully saturated rings. The molecule has 1 aliphatic carbocycles. The molecule has 1 aromatic rings. The smallest absolute Gasteiger partial charge is 0.340 e. The highest BCUT2D eigenvalue weighted by atomic mass is 16.7. The summed E-state index contributed by atoms with van der Waals surface area (Å²) < 4.78 is 5.42. The zero-order chi connectivity index (χ0) is 17.7. The minimum Gasteiger partial charge on any atom is -0.496 e. The second kappa shape index (κ2) is 7.65. The van der Waals surface area contributed by atoms with Crippen LogP contribution in [0.1, 0.15) is 52.5 Å². The number of para-hydroxylation sites is 1. The van der Waals surface area contributed by atoms with E-state index in [1.807, 2.05) is 45.0 Å². The number of allylic oxidation sites excluding steroid dienone is 1. The first-order valence-corrected chi connectivity index (χ1v) is 8.46. The van der Waals surface area contributed by atoms with Crippen LogP contribution in [0.25, 0.3) is 6.08 Å². The number of nitrogens with zero attached hydrogens (tertiary/aromatic N) is 1. The third kappa shape index (κ3) is 4.47. The van der Waals surface area contributed by atoms with Crippen molar-refractivity contribution in [3.63, 3.8) is 0 Å². The van der Waals surface area contributed by atoms with E-state index in [1.54, 1.807) is 7.11 Å². The molecule has 1 aliphatic rings. The van der Waals surface area contributed by atoms with Crippen LogP contribution >= 0.6 is 0 Å². The van der Waals surface area contributed by atoms with Crippen LogP contribution < -0.4 is 4.74 Å². The molecule has 1 atom stereocenters. The van der Waals surface area contributed by atoms with Gasteiger partial charge in [-0.15, -0.1) is 0 Å². The Labute approximate surface area is 144 Å². The maximum Gasteiger partial charge on any atom is 0.340 e. The molecule has 2 rings (SSSR count). The van der Waals surface area contributed by atoms with Gasteiger partial charge < -0.3 is 9.57 Å². The molecule has 0 N–H and O–H groups in total. The lowest BCUT2D eigenvalue weighted by atomic mass is 9.84. The van der Waals surface area contributed by atoms with Gasteiger partial charge in [0.1, 0.15) is 5.75 Å². The maximum absolute atomic E-state index is 12.0. The predicted molar refractivity (Wildman–Crippen MR) is 97.0 cm³/mol. The Bertz CT molecular complexity index is 653. The second-order valence-electron chi connectivity index (χ2n) is 7.31. The summed E-state index contributed by atoms with van der Waals surface area (Å²) >= 11 is 0. The van der Waals surface area contributed by atoms with E-state index < -0.39 is 5.41 Å². The van der Waals surface area contributed by atoms with Crippen LogP contribution in [0.2, 0.25) is 0 Å². The second-order valence-corrected chi connectivity index (χ2v) is 7.31. The molecule has 0 bridgehead atoms. The summed E-state index contributed by atoms with van der Waals surface area (Å²) in [6, 6.07) is 7.89. The number of carbonyl (C=O) groups is 1. The average Bonchev–Trinajstić information content (AvgIpc) is 2.53.